The minimum Gasteiger partial charge on any atom is -0.372 e. The van der Waals surface area contributed by atoms with Crippen LogP contribution in [0.3, 0.4) is 0 Å². The first-order valence-corrected chi connectivity index (χ1v) is 12.4. The summed E-state index contributed by atoms with van der Waals surface area (Å²) in [5, 5.41) is 3.39. The smallest absolute Gasteiger partial charge is 0.296 e. The molecule has 1 saturated heterocycles. The Morgan fingerprint density at radius 2 is 1.71 bits per heavy atom. The third-order valence-corrected chi connectivity index (χ3v) is 6.89. The van der Waals surface area contributed by atoms with Crippen LogP contribution in [0.4, 0.5) is 20.5 Å². The van der Waals surface area contributed by atoms with E-state index in [2.05, 4.69) is 20.2 Å². The maximum Gasteiger partial charge on any atom is 0.296 e. The Balaban J connectivity index is 1.54. The first-order valence-electron chi connectivity index (χ1n) is 12.4. The average molecular weight is 486 g/mol. The second-order valence-corrected chi connectivity index (χ2v) is 9.83. The van der Waals surface area contributed by atoms with E-state index in [1.54, 1.807) is 24.3 Å². The van der Waals surface area contributed by atoms with Gasteiger partial charge in [0.25, 0.3) is 6.43 Å². The van der Waals surface area contributed by atoms with Crippen LogP contribution in [0.5, 0.6) is 0 Å². The molecule has 1 saturated carbocycles. The number of benzene rings is 1. The van der Waals surface area contributed by atoms with Crippen molar-refractivity contribution in [3.63, 3.8) is 0 Å². The number of halogens is 2. The number of fused-ring (bicyclic) bond motifs is 1. The summed E-state index contributed by atoms with van der Waals surface area (Å²) in [7, 11) is 0. The van der Waals surface area contributed by atoms with Crippen LogP contribution in [-0.4, -0.2) is 57.4 Å². The van der Waals surface area contributed by atoms with Gasteiger partial charge >= 0.3 is 0 Å². The molecule has 2 aromatic heterocycles. The first-order chi connectivity index (χ1) is 16.9. The lowest BCUT2D eigenvalue weighted by molar-refractivity contribution is -0.00546. The normalized spacial score (nSPS) is 25.4. The van der Waals surface area contributed by atoms with Crippen molar-refractivity contribution in [1.82, 2.24) is 19.5 Å². The SMILES string of the molecule is C[C@@H]1CN(c2cc(-n3c(C(F)F)nc4ccccc43)nc(NCC3CCC(N)CC3)n2)C[C@H](C)O1. The number of nitrogens with two attached hydrogens (primary N) is 1. The van der Waals surface area contributed by atoms with E-state index in [1.807, 2.05) is 19.9 Å². The number of morpholine rings is 1. The Morgan fingerprint density at radius 1 is 1.03 bits per heavy atom. The van der Waals surface area contributed by atoms with Gasteiger partial charge in [-0.1, -0.05) is 12.1 Å². The summed E-state index contributed by atoms with van der Waals surface area (Å²) in [6.45, 7) is 6.09. The molecule has 188 valence electrons. The summed E-state index contributed by atoms with van der Waals surface area (Å²) < 4.78 is 35.4. The predicted octanol–water partition coefficient (Wildman–Crippen LogP) is 4.30. The number of para-hydroxylation sites is 2. The number of anilines is 2. The Bertz CT molecular complexity index is 1150. The molecule has 0 spiro atoms. The molecule has 0 unspecified atom stereocenters. The summed E-state index contributed by atoms with van der Waals surface area (Å²) in [6.07, 6.45) is 1.47. The molecule has 0 radical (unpaired) electrons. The van der Waals surface area contributed by atoms with Crippen molar-refractivity contribution in [2.24, 2.45) is 11.7 Å². The second kappa shape index (κ2) is 10.0. The van der Waals surface area contributed by atoms with Gasteiger partial charge in [-0.05, 0) is 57.6 Å². The van der Waals surface area contributed by atoms with Gasteiger partial charge in [-0.25, -0.2) is 13.8 Å². The zero-order valence-electron chi connectivity index (χ0n) is 20.2. The van der Waals surface area contributed by atoms with Crippen molar-refractivity contribution in [3.8, 4) is 5.82 Å². The Labute approximate surface area is 203 Å². The largest absolute Gasteiger partial charge is 0.372 e. The van der Waals surface area contributed by atoms with Crippen molar-refractivity contribution in [3.05, 3.63) is 36.2 Å². The van der Waals surface area contributed by atoms with Crippen molar-refractivity contribution in [2.75, 3.05) is 29.9 Å². The first kappa shape index (κ1) is 23.9. The number of alkyl halides is 2. The quantitative estimate of drug-likeness (QED) is 0.538. The van der Waals surface area contributed by atoms with Gasteiger partial charge in [0, 0.05) is 31.7 Å². The molecule has 2 aliphatic rings. The zero-order chi connectivity index (χ0) is 24.5. The van der Waals surface area contributed by atoms with Crippen LogP contribution in [0.1, 0.15) is 51.8 Å². The Kier molecular flexibility index (Phi) is 6.84. The average Bonchev–Trinajstić information content (AvgIpc) is 3.23. The molecular formula is C25H33F2N7O. The summed E-state index contributed by atoms with van der Waals surface area (Å²) in [5.74, 6) is 1.64. The molecule has 5 rings (SSSR count). The van der Waals surface area contributed by atoms with Gasteiger partial charge in [-0.2, -0.15) is 9.97 Å². The van der Waals surface area contributed by atoms with E-state index in [0.717, 1.165) is 32.2 Å². The molecule has 1 aliphatic heterocycles. The lowest BCUT2D eigenvalue weighted by atomic mass is 9.86. The van der Waals surface area contributed by atoms with Crippen LogP contribution in [0.25, 0.3) is 16.9 Å². The lowest BCUT2D eigenvalue weighted by Gasteiger charge is -2.36. The molecule has 1 aliphatic carbocycles. The molecule has 35 heavy (non-hydrogen) atoms. The van der Waals surface area contributed by atoms with Crippen molar-refractivity contribution >= 4 is 22.8 Å². The van der Waals surface area contributed by atoms with Crippen LogP contribution in [0, 0.1) is 5.92 Å². The monoisotopic (exact) mass is 485 g/mol. The van der Waals surface area contributed by atoms with Gasteiger partial charge in [0.15, 0.2) is 5.82 Å². The number of hydrogen-bond acceptors (Lipinski definition) is 7. The zero-order valence-corrected chi connectivity index (χ0v) is 20.2. The number of hydrogen-bond donors (Lipinski definition) is 2. The third kappa shape index (κ3) is 5.23. The second-order valence-electron chi connectivity index (χ2n) is 9.83. The summed E-state index contributed by atoms with van der Waals surface area (Å²) in [5.41, 5.74) is 7.15. The van der Waals surface area contributed by atoms with Gasteiger partial charge in [-0.15, -0.1) is 0 Å². The molecule has 3 N–H and O–H groups in total. The molecular weight excluding hydrogens is 452 g/mol. The standard InChI is InChI=1S/C25H33F2N7O/c1-15-13-33(14-16(2)35-15)21-11-22(32-25(31-21)29-12-17-7-9-18(28)10-8-17)34-20-6-4-3-5-19(20)30-24(34)23(26)27/h3-6,11,15-18,23H,7-10,12-14,28H2,1-2H3,(H,29,31,32)/t15-,16+,17?,18?. The molecule has 0 amide bonds. The van der Waals surface area contributed by atoms with E-state index < -0.39 is 6.43 Å². The maximum absolute atomic E-state index is 14.1. The molecule has 3 aromatic rings. The minimum absolute atomic E-state index is 0.0331. The van der Waals surface area contributed by atoms with Crippen molar-refractivity contribution in [1.29, 1.82) is 0 Å². The fourth-order valence-electron chi connectivity index (χ4n) is 5.20. The summed E-state index contributed by atoms with van der Waals surface area (Å²) in [4.78, 5) is 15.8. The summed E-state index contributed by atoms with van der Waals surface area (Å²) in [6, 6.07) is 9.18. The number of nitrogens with zero attached hydrogens (tertiary/aromatic N) is 5. The van der Waals surface area contributed by atoms with Gasteiger partial charge in [0.1, 0.15) is 11.6 Å². The molecule has 2 atom stereocenters. The maximum atomic E-state index is 14.1. The fraction of sp³-hybridized carbons (Fsp3) is 0.560. The van der Waals surface area contributed by atoms with Crippen molar-refractivity contribution in [2.45, 2.75) is 64.2 Å². The number of aromatic nitrogens is 4. The molecule has 8 nitrogen and oxygen atoms in total. The Hall–Kier alpha value is -2.85. The van der Waals surface area contributed by atoms with Crippen LogP contribution in [0.2, 0.25) is 0 Å². The molecule has 3 heterocycles. The number of rotatable bonds is 6. The molecule has 2 fully saturated rings. The minimum atomic E-state index is -2.74. The topological polar surface area (TPSA) is 94.1 Å². The van der Waals surface area contributed by atoms with Crippen LogP contribution in [-0.2, 0) is 4.74 Å². The fourth-order valence-corrected chi connectivity index (χ4v) is 5.20. The van der Waals surface area contributed by atoms with Crippen molar-refractivity contribution < 1.29 is 13.5 Å². The highest BCUT2D eigenvalue weighted by atomic mass is 19.3. The summed E-state index contributed by atoms with van der Waals surface area (Å²) >= 11 is 0. The highest BCUT2D eigenvalue weighted by Crippen LogP contribution is 2.30. The third-order valence-electron chi connectivity index (χ3n) is 6.89. The van der Waals surface area contributed by atoms with E-state index in [-0.39, 0.29) is 24.1 Å². The van der Waals surface area contributed by atoms with E-state index in [9.17, 15) is 8.78 Å². The molecule has 10 heteroatoms. The van der Waals surface area contributed by atoms with Gasteiger partial charge in [0.2, 0.25) is 5.95 Å². The van der Waals surface area contributed by atoms with E-state index in [0.29, 0.717) is 47.6 Å². The highest BCUT2D eigenvalue weighted by Gasteiger charge is 2.27. The van der Waals surface area contributed by atoms with Gasteiger partial charge < -0.3 is 20.7 Å². The number of ether oxygens (including phenoxy) is 1. The van der Waals surface area contributed by atoms with Crippen LogP contribution >= 0.6 is 0 Å². The number of imidazole rings is 1. The Morgan fingerprint density at radius 3 is 2.43 bits per heavy atom. The van der Waals surface area contributed by atoms with Crippen LogP contribution in [0.15, 0.2) is 30.3 Å². The van der Waals surface area contributed by atoms with E-state index >= 15 is 0 Å². The van der Waals surface area contributed by atoms with Gasteiger partial charge in [0.05, 0.1) is 23.2 Å². The molecule has 1 aromatic carbocycles. The highest BCUT2D eigenvalue weighted by molar-refractivity contribution is 5.78. The predicted molar refractivity (Wildman–Crippen MR) is 132 cm³/mol. The van der Waals surface area contributed by atoms with Crippen LogP contribution < -0.4 is 16.0 Å². The van der Waals surface area contributed by atoms with E-state index in [4.69, 9.17) is 15.5 Å². The van der Waals surface area contributed by atoms with Gasteiger partial charge in [-0.3, -0.25) is 4.57 Å². The van der Waals surface area contributed by atoms with E-state index in [1.165, 1.54) is 4.57 Å². The lowest BCUT2D eigenvalue weighted by Crippen LogP contribution is -2.46. The number of nitrogens with one attached hydrogen (secondary N) is 1. The molecule has 0 bridgehead atoms.